The van der Waals surface area contributed by atoms with E-state index in [1.165, 1.54) is 25.7 Å². The molecule has 1 aliphatic heterocycles. The number of methoxy groups -OCH3 is 1. The van der Waals surface area contributed by atoms with E-state index in [1.807, 2.05) is 53.4 Å². The van der Waals surface area contributed by atoms with Crippen LogP contribution in [0.4, 0.5) is 0 Å². The maximum absolute atomic E-state index is 13.1. The summed E-state index contributed by atoms with van der Waals surface area (Å²) in [6.07, 6.45) is 7.65. The molecule has 0 radical (unpaired) electrons. The van der Waals surface area contributed by atoms with Gasteiger partial charge in [0.25, 0.3) is 0 Å². The molecule has 180 valence electrons. The second-order valence-corrected chi connectivity index (χ2v) is 8.93. The van der Waals surface area contributed by atoms with Crippen LogP contribution in [0.5, 0.6) is 11.5 Å². The third-order valence-electron chi connectivity index (χ3n) is 6.32. The standard InChI is InChI=1S/C28H40N2O3/c1-3-4-5-9-14-28(31)30(20-19-29-17-10-11-18-29)22-25-15-16-26(32-2)27(21-25)33-23-24-12-7-6-8-13-24/h6-8,12-13,15-16,21H,3-5,9-11,14,17-20,22-23H2,1-2H3. The van der Waals surface area contributed by atoms with Gasteiger partial charge in [0, 0.05) is 26.1 Å². The van der Waals surface area contributed by atoms with Crippen LogP contribution in [0.3, 0.4) is 0 Å². The molecule has 0 saturated carbocycles. The van der Waals surface area contributed by atoms with Gasteiger partial charge in [-0.25, -0.2) is 0 Å². The summed E-state index contributed by atoms with van der Waals surface area (Å²) in [5, 5.41) is 0. The van der Waals surface area contributed by atoms with E-state index in [4.69, 9.17) is 9.47 Å². The van der Waals surface area contributed by atoms with Crippen LogP contribution in [0, 0.1) is 0 Å². The van der Waals surface area contributed by atoms with E-state index in [2.05, 4.69) is 11.8 Å². The molecule has 5 heteroatoms. The zero-order valence-electron chi connectivity index (χ0n) is 20.4. The van der Waals surface area contributed by atoms with Crippen molar-refractivity contribution in [3.05, 3.63) is 59.7 Å². The van der Waals surface area contributed by atoms with Gasteiger partial charge in [0.05, 0.1) is 7.11 Å². The Kier molecular flexibility index (Phi) is 10.6. The van der Waals surface area contributed by atoms with Gasteiger partial charge in [-0.15, -0.1) is 0 Å². The van der Waals surface area contributed by atoms with E-state index < -0.39 is 0 Å². The van der Waals surface area contributed by atoms with Crippen LogP contribution in [0.1, 0.15) is 63.0 Å². The van der Waals surface area contributed by atoms with Gasteiger partial charge in [0.15, 0.2) is 11.5 Å². The minimum Gasteiger partial charge on any atom is -0.493 e. The largest absolute Gasteiger partial charge is 0.493 e. The van der Waals surface area contributed by atoms with Crippen molar-refractivity contribution in [1.29, 1.82) is 0 Å². The number of unbranched alkanes of at least 4 members (excludes halogenated alkanes) is 3. The van der Waals surface area contributed by atoms with Gasteiger partial charge < -0.3 is 19.3 Å². The molecule has 2 aromatic rings. The minimum atomic E-state index is 0.257. The van der Waals surface area contributed by atoms with Gasteiger partial charge in [0.2, 0.25) is 5.91 Å². The second kappa shape index (κ2) is 13.9. The molecule has 0 aromatic heterocycles. The maximum atomic E-state index is 13.1. The number of nitrogens with zero attached hydrogens (tertiary/aromatic N) is 2. The molecule has 33 heavy (non-hydrogen) atoms. The normalized spacial score (nSPS) is 13.8. The summed E-state index contributed by atoms with van der Waals surface area (Å²) in [5.74, 6) is 1.69. The van der Waals surface area contributed by atoms with E-state index in [0.717, 1.165) is 50.1 Å². The molecule has 1 amide bonds. The fourth-order valence-electron chi connectivity index (χ4n) is 4.31. The van der Waals surface area contributed by atoms with Crippen LogP contribution in [0.25, 0.3) is 0 Å². The lowest BCUT2D eigenvalue weighted by atomic mass is 10.1. The van der Waals surface area contributed by atoms with Crippen LogP contribution in [0.15, 0.2) is 48.5 Å². The van der Waals surface area contributed by atoms with E-state index in [9.17, 15) is 4.79 Å². The Morgan fingerprint density at radius 2 is 1.76 bits per heavy atom. The number of hydrogen-bond acceptors (Lipinski definition) is 4. The van der Waals surface area contributed by atoms with E-state index in [1.54, 1.807) is 7.11 Å². The second-order valence-electron chi connectivity index (χ2n) is 8.93. The van der Waals surface area contributed by atoms with Crippen LogP contribution in [0.2, 0.25) is 0 Å². The summed E-state index contributed by atoms with van der Waals surface area (Å²) in [5.41, 5.74) is 2.18. The summed E-state index contributed by atoms with van der Waals surface area (Å²) < 4.78 is 11.6. The predicted octanol–water partition coefficient (Wildman–Crippen LogP) is 5.67. The Labute approximate surface area is 199 Å². The Hall–Kier alpha value is -2.53. The minimum absolute atomic E-state index is 0.257. The Morgan fingerprint density at radius 1 is 0.970 bits per heavy atom. The van der Waals surface area contributed by atoms with E-state index in [0.29, 0.717) is 31.1 Å². The summed E-state index contributed by atoms with van der Waals surface area (Å²) in [6.45, 7) is 7.32. The molecule has 0 atom stereocenters. The lowest BCUT2D eigenvalue weighted by Crippen LogP contribution is -2.37. The topological polar surface area (TPSA) is 42.0 Å². The third-order valence-corrected chi connectivity index (χ3v) is 6.32. The van der Waals surface area contributed by atoms with Crippen LogP contribution >= 0.6 is 0 Å². The number of carbonyl (C=O) groups is 1. The Morgan fingerprint density at radius 3 is 2.48 bits per heavy atom. The average Bonchev–Trinajstić information content (AvgIpc) is 3.37. The molecule has 1 heterocycles. The number of likely N-dealkylation sites (tertiary alicyclic amines) is 1. The van der Waals surface area contributed by atoms with Gasteiger partial charge in [-0.05, 0) is 55.6 Å². The lowest BCUT2D eigenvalue weighted by Gasteiger charge is -2.26. The summed E-state index contributed by atoms with van der Waals surface area (Å²) in [6, 6.07) is 16.1. The molecule has 5 nitrogen and oxygen atoms in total. The lowest BCUT2D eigenvalue weighted by molar-refractivity contribution is -0.132. The first-order chi connectivity index (χ1) is 16.2. The first-order valence-electron chi connectivity index (χ1n) is 12.5. The molecule has 1 saturated heterocycles. The molecule has 0 aliphatic carbocycles. The highest BCUT2D eigenvalue weighted by molar-refractivity contribution is 5.76. The third kappa shape index (κ3) is 8.39. The van der Waals surface area contributed by atoms with Gasteiger partial charge >= 0.3 is 0 Å². The SMILES string of the molecule is CCCCCCC(=O)N(CCN1CCCC1)Cc1ccc(OC)c(OCc2ccccc2)c1. The molecular weight excluding hydrogens is 412 g/mol. The Bertz CT molecular complexity index is 834. The van der Waals surface area contributed by atoms with Crippen molar-refractivity contribution in [1.82, 2.24) is 9.80 Å². The van der Waals surface area contributed by atoms with E-state index in [-0.39, 0.29) is 5.91 Å². The molecular formula is C28H40N2O3. The molecule has 1 fully saturated rings. The first kappa shape index (κ1) is 25.1. The molecule has 0 bridgehead atoms. The zero-order valence-corrected chi connectivity index (χ0v) is 20.4. The van der Waals surface area contributed by atoms with Crippen molar-refractivity contribution in [2.45, 2.75) is 65.0 Å². The highest BCUT2D eigenvalue weighted by Gasteiger charge is 2.18. The first-order valence-corrected chi connectivity index (χ1v) is 12.5. The quantitative estimate of drug-likeness (QED) is 0.346. The monoisotopic (exact) mass is 452 g/mol. The van der Waals surface area contributed by atoms with Crippen molar-refractivity contribution in [2.75, 3.05) is 33.3 Å². The molecule has 0 unspecified atom stereocenters. The van der Waals surface area contributed by atoms with Gasteiger partial charge in [-0.1, -0.05) is 62.6 Å². The number of hydrogen-bond donors (Lipinski definition) is 0. The van der Waals surface area contributed by atoms with Gasteiger partial charge in [0.1, 0.15) is 6.61 Å². The van der Waals surface area contributed by atoms with Gasteiger partial charge in [-0.3, -0.25) is 4.79 Å². The number of amides is 1. The summed E-state index contributed by atoms with van der Waals surface area (Å²) >= 11 is 0. The maximum Gasteiger partial charge on any atom is 0.222 e. The van der Waals surface area contributed by atoms with Crippen LogP contribution in [-0.4, -0.2) is 49.0 Å². The highest BCUT2D eigenvalue weighted by atomic mass is 16.5. The Balaban J connectivity index is 1.66. The zero-order chi connectivity index (χ0) is 23.3. The number of carbonyl (C=O) groups excluding carboxylic acids is 1. The molecule has 2 aromatic carbocycles. The van der Waals surface area contributed by atoms with Gasteiger partial charge in [-0.2, -0.15) is 0 Å². The smallest absolute Gasteiger partial charge is 0.222 e. The fourth-order valence-corrected chi connectivity index (χ4v) is 4.31. The average molecular weight is 453 g/mol. The predicted molar refractivity (Wildman–Crippen MR) is 134 cm³/mol. The fraction of sp³-hybridized carbons (Fsp3) is 0.536. The number of ether oxygens (including phenoxy) is 2. The van der Waals surface area contributed by atoms with Crippen molar-refractivity contribution < 1.29 is 14.3 Å². The highest BCUT2D eigenvalue weighted by Crippen LogP contribution is 2.29. The van der Waals surface area contributed by atoms with Crippen LogP contribution < -0.4 is 9.47 Å². The van der Waals surface area contributed by atoms with E-state index >= 15 is 0 Å². The summed E-state index contributed by atoms with van der Waals surface area (Å²) in [7, 11) is 1.66. The molecule has 3 rings (SSSR count). The van der Waals surface area contributed by atoms with Crippen LogP contribution in [-0.2, 0) is 17.9 Å². The van der Waals surface area contributed by atoms with Crippen molar-refractivity contribution >= 4 is 5.91 Å². The summed E-state index contributed by atoms with van der Waals surface area (Å²) in [4.78, 5) is 17.6. The molecule has 0 spiro atoms. The molecule has 0 N–H and O–H groups in total. The number of rotatable bonds is 14. The van der Waals surface area contributed by atoms with Crippen molar-refractivity contribution in [3.63, 3.8) is 0 Å². The van der Waals surface area contributed by atoms with Crippen molar-refractivity contribution in [3.8, 4) is 11.5 Å². The van der Waals surface area contributed by atoms with Crippen molar-refractivity contribution in [2.24, 2.45) is 0 Å². The number of benzene rings is 2. The molecule has 1 aliphatic rings.